The Morgan fingerprint density at radius 1 is 1.12 bits per heavy atom. The van der Waals surface area contributed by atoms with E-state index < -0.39 is 6.04 Å². The zero-order valence-corrected chi connectivity index (χ0v) is 15.5. The smallest absolute Gasteiger partial charge is 0.244 e. The van der Waals surface area contributed by atoms with Crippen molar-refractivity contribution in [1.29, 1.82) is 0 Å². The van der Waals surface area contributed by atoms with Crippen LogP contribution in [0.2, 0.25) is 0 Å². The van der Waals surface area contributed by atoms with Crippen molar-refractivity contribution in [3.63, 3.8) is 0 Å². The van der Waals surface area contributed by atoms with E-state index in [4.69, 9.17) is 5.73 Å². The quantitative estimate of drug-likeness (QED) is 0.808. The zero-order valence-electron chi connectivity index (χ0n) is 14.7. The minimum absolute atomic E-state index is 0. The molecule has 1 saturated heterocycles. The van der Waals surface area contributed by atoms with Gasteiger partial charge >= 0.3 is 0 Å². The normalized spacial score (nSPS) is 31.2. The first-order valence-electron chi connectivity index (χ1n) is 9.38. The number of nitrogens with zero attached hydrogens (tertiary/aromatic N) is 1. The van der Waals surface area contributed by atoms with Crippen LogP contribution in [0.4, 0.5) is 0 Å². The van der Waals surface area contributed by atoms with Crippen molar-refractivity contribution in [3.8, 4) is 0 Å². The van der Waals surface area contributed by atoms with Crippen molar-refractivity contribution in [2.75, 3.05) is 13.1 Å². The fourth-order valence-corrected chi connectivity index (χ4v) is 4.78. The molecule has 3 aliphatic rings. The molecule has 0 radical (unpaired) electrons. The van der Waals surface area contributed by atoms with E-state index >= 15 is 0 Å². The first kappa shape index (κ1) is 19.5. The van der Waals surface area contributed by atoms with Crippen LogP contribution < -0.4 is 11.1 Å². The van der Waals surface area contributed by atoms with Crippen molar-refractivity contribution >= 4 is 24.2 Å². The van der Waals surface area contributed by atoms with E-state index in [0.29, 0.717) is 24.2 Å². The molecule has 5 nitrogen and oxygen atoms in total. The summed E-state index contributed by atoms with van der Waals surface area (Å²) < 4.78 is 0. The highest BCUT2D eigenvalue weighted by atomic mass is 35.5. The molecule has 2 aliphatic carbocycles. The zero-order chi connectivity index (χ0) is 16.4. The van der Waals surface area contributed by atoms with Crippen LogP contribution >= 0.6 is 12.4 Å². The first-order chi connectivity index (χ1) is 11.0. The number of amides is 2. The third kappa shape index (κ3) is 4.42. The summed E-state index contributed by atoms with van der Waals surface area (Å²) in [5, 5.41) is 2.92. The van der Waals surface area contributed by atoms with Gasteiger partial charge in [0.25, 0.3) is 0 Å². The number of carbonyl (C=O) groups is 2. The molecule has 4 atom stereocenters. The lowest BCUT2D eigenvalue weighted by molar-refractivity contribution is -0.135. The number of nitrogens with two attached hydrogens (primary N) is 1. The molecule has 2 amide bonds. The maximum Gasteiger partial charge on any atom is 0.244 e. The van der Waals surface area contributed by atoms with Gasteiger partial charge in [0.1, 0.15) is 6.04 Å². The molecule has 1 heterocycles. The summed E-state index contributed by atoms with van der Waals surface area (Å²) in [6.07, 6.45) is 8.89. The van der Waals surface area contributed by atoms with Gasteiger partial charge in [-0.25, -0.2) is 0 Å². The van der Waals surface area contributed by atoms with Crippen molar-refractivity contribution in [2.24, 2.45) is 23.5 Å². The van der Waals surface area contributed by atoms with Crippen molar-refractivity contribution in [3.05, 3.63) is 0 Å². The lowest BCUT2D eigenvalue weighted by Gasteiger charge is -2.25. The van der Waals surface area contributed by atoms with Gasteiger partial charge in [-0.2, -0.15) is 0 Å². The molecule has 3 fully saturated rings. The Labute approximate surface area is 151 Å². The molecule has 3 rings (SSSR count). The average Bonchev–Trinajstić information content (AvgIpc) is 3.10. The number of rotatable bonds is 4. The lowest BCUT2D eigenvalue weighted by Crippen LogP contribution is -2.47. The fraction of sp³-hybridized carbons (Fsp3) is 0.889. The largest absolute Gasteiger partial charge is 0.345 e. The molecule has 0 spiro atoms. The van der Waals surface area contributed by atoms with Gasteiger partial charge in [-0.1, -0.05) is 19.3 Å². The lowest BCUT2D eigenvalue weighted by atomic mass is 9.87. The molecule has 1 aliphatic heterocycles. The van der Waals surface area contributed by atoms with Crippen LogP contribution in [0, 0.1) is 17.8 Å². The molecule has 0 aromatic rings. The van der Waals surface area contributed by atoms with Gasteiger partial charge in [-0.3, -0.25) is 9.59 Å². The second-order valence-corrected chi connectivity index (χ2v) is 7.91. The van der Waals surface area contributed by atoms with Crippen molar-refractivity contribution in [2.45, 2.75) is 70.4 Å². The summed E-state index contributed by atoms with van der Waals surface area (Å²) in [7, 11) is 0. The standard InChI is InChI=1S/C18H31N3O2.ClH/c1-12(20-17(22)9-13-5-3-2-4-6-13)18(23)21-10-14-7-8-16(19)15(14)11-21;/h12-16H,2-11,19H2,1H3,(H,20,22);1H. The summed E-state index contributed by atoms with van der Waals surface area (Å²) in [6.45, 7) is 3.41. The number of carbonyl (C=O) groups excluding carboxylic acids is 2. The third-order valence-electron chi connectivity index (χ3n) is 6.17. The highest BCUT2D eigenvalue weighted by Gasteiger charge is 2.43. The SMILES string of the molecule is CC(NC(=O)CC1CCCCC1)C(=O)N1CC2CCC(N)C2C1.Cl. The van der Waals surface area contributed by atoms with E-state index in [9.17, 15) is 9.59 Å². The van der Waals surface area contributed by atoms with E-state index in [0.717, 1.165) is 38.8 Å². The third-order valence-corrected chi connectivity index (χ3v) is 6.17. The summed E-state index contributed by atoms with van der Waals surface area (Å²) >= 11 is 0. The number of hydrogen-bond acceptors (Lipinski definition) is 3. The van der Waals surface area contributed by atoms with Crippen LogP contribution in [-0.2, 0) is 9.59 Å². The highest BCUT2D eigenvalue weighted by molar-refractivity contribution is 5.87. The average molecular weight is 358 g/mol. The number of halogens is 1. The van der Waals surface area contributed by atoms with Gasteiger partial charge in [-0.15, -0.1) is 12.4 Å². The fourth-order valence-electron chi connectivity index (χ4n) is 4.78. The predicted octanol–water partition coefficient (Wildman–Crippen LogP) is 2.08. The Balaban J connectivity index is 0.00000208. The number of likely N-dealkylation sites (tertiary alicyclic amines) is 1. The Kier molecular flexibility index (Phi) is 6.93. The minimum atomic E-state index is -0.416. The molecule has 0 aromatic heterocycles. The van der Waals surface area contributed by atoms with Crippen LogP contribution in [0.3, 0.4) is 0 Å². The van der Waals surface area contributed by atoms with Gasteiger partial charge in [0.15, 0.2) is 0 Å². The summed E-state index contributed by atoms with van der Waals surface area (Å²) in [5.74, 6) is 1.64. The van der Waals surface area contributed by atoms with E-state index in [-0.39, 0.29) is 30.3 Å². The Hall–Kier alpha value is -0.810. The van der Waals surface area contributed by atoms with Crippen molar-refractivity contribution < 1.29 is 9.59 Å². The second-order valence-electron chi connectivity index (χ2n) is 7.91. The highest BCUT2D eigenvalue weighted by Crippen LogP contribution is 2.37. The maximum absolute atomic E-state index is 12.6. The van der Waals surface area contributed by atoms with Gasteiger partial charge < -0.3 is 16.0 Å². The number of nitrogens with one attached hydrogen (secondary N) is 1. The Morgan fingerprint density at radius 3 is 2.50 bits per heavy atom. The molecule has 0 aromatic carbocycles. The van der Waals surface area contributed by atoms with Crippen LogP contribution in [0.5, 0.6) is 0 Å². The summed E-state index contributed by atoms with van der Waals surface area (Å²) in [6, 6.07) is -0.171. The van der Waals surface area contributed by atoms with E-state index in [2.05, 4.69) is 5.32 Å². The molecular formula is C18H32ClN3O2. The topological polar surface area (TPSA) is 75.4 Å². The molecular weight excluding hydrogens is 326 g/mol. The molecule has 2 saturated carbocycles. The van der Waals surface area contributed by atoms with Gasteiger partial charge in [0, 0.05) is 25.6 Å². The molecule has 0 bridgehead atoms. The van der Waals surface area contributed by atoms with E-state index in [1.54, 1.807) is 0 Å². The van der Waals surface area contributed by atoms with E-state index in [1.165, 1.54) is 19.3 Å². The van der Waals surface area contributed by atoms with Gasteiger partial charge in [0.2, 0.25) is 11.8 Å². The molecule has 4 unspecified atom stereocenters. The van der Waals surface area contributed by atoms with E-state index in [1.807, 2.05) is 11.8 Å². The van der Waals surface area contributed by atoms with Crippen LogP contribution in [0.25, 0.3) is 0 Å². The van der Waals surface area contributed by atoms with Crippen molar-refractivity contribution in [1.82, 2.24) is 10.2 Å². The molecule has 3 N–H and O–H groups in total. The monoisotopic (exact) mass is 357 g/mol. The minimum Gasteiger partial charge on any atom is -0.345 e. The van der Waals surface area contributed by atoms with Crippen LogP contribution in [0.1, 0.15) is 58.3 Å². The maximum atomic E-state index is 12.6. The Bertz CT molecular complexity index is 454. The summed E-state index contributed by atoms with van der Waals surface area (Å²) in [4.78, 5) is 26.7. The predicted molar refractivity (Wildman–Crippen MR) is 96.8 cm³/mol. The first-order valence-corrected chi connectivity index (χ1v) is 9.38. The molecule has 138 valence electrons. The Morgan fingerprint density at radius 2 is 1.83 bits per heavy atom. The molecule has 24 heavy (non-hydrogen) atoms. The number of fused-ring (bicyclic) bond motifs is 1. The van der Waals surface area contributed by atoms with Crippen LogP contribution in [0.15, 0.2) is 0 Å². The van der Waals surface area contributed by atoms with Gasteiger partial charge in [0.05, 0.1) is 0 Å². The summed E-state index contributed by atoms with van der Waals surface area (Å²) in [5.41, 5.74) is 6.14. The van der Waals surface area contributed by atoms with Crippen LogP contribution in [-0.4, -0.2) is 41.9 Å². The second kappa shape index (κ2) is 8.52. The number of hydrogen-bond donors (Lipinski definition) is 2. The van der Waals surface area contributed by atoms with Gasteiger partial charge in [-0.05, 0) is 50.4 Å². The molecule has 6 heteroatoms.